The van der Waals surface area contributed by atoms with Crippen molar-refractivity contribution in [3.05, 3.63) is 69.0 Å². The number of aromatic nitrogens is 1. The van der Waals surface area contributed by atoms with E-state index in [-0.39, 0.29) is 11.6 Å². The lowest BCUT2D eigenvalue weighted by molar-refractivity contribution is -0.152. The molecule has 3 aromatic rings. The average molecular weight is 471 g/mol. The van der Waals surface area contributed by atoms with Crippen LogP contribution in [0.1, 0.15) is 12.5 Å². The molecule has 30 heavy (non-hydrogen) atoms. The largest absolute Gasteiger partial charge is 0.452 e. The highest BCUT2D eigenvalue weighted by atomic mass is 35.5. The Hall–Kier alpha value is -2.55. The summed E-state index contributed by atoms with van der Waals surface area (Å²) in [5.41, 5.74) is 1.34. The number of benzene rings is 2. The van der Waals surface area contributed by atoms with E-state index in [1.807, 2.05) is 0 Å². The molecule has 0 saturated carbocycles. The fourth-order valence-electron chi connectivity index (χ4n) is 2.43. The van der Waals surface area contributed by atoms with Crippen molar-refractivity contribution in [2.75, 3.05) is 5.32 Å². The van der Waals surface area contributed by atoms with Crippen molar-refractivity contribution in [1.82, 2.24) is 4.98 Å². The van der Waals surface area contributed by atoms with Gasteiger partial charge in [-0.15, -0.1) is 11.3 Å². The van der Waals surface area contributed by atoms with Crippen LogP contribution in [-0.2, 0) is 20.7 Å². The van der Waals surface area contributed by atoms with Crippen molar-refractivity contribution in [2.24, 2.45) is 0 Å². The molecule has 1 amide bonds. The molecule has 0 aliphatic carbocycles. The summed E-state index contributed by atoms with van der Waals surface area (Å²) >= 11 is 12.8. The average Bonchev–Trinajstić information content (AvgIpc) is 3.15. The number of esters is 1. The summed E-state index contributed by atoms with van der Waals surface area (Å²) in [7, 11) is 0. The molecule has 0 spiro atoms. The lowest BCUT2D eigenvalue weighted by Gasteiger charge is -2.12. The first-order chi connectivity index (χ1) is 14.2. The van der Waals surface area contributed by atoms with E-state index in [0.717, 1.165) is 23.5 Å². The molecule has 1 aromatic heterocycles. The van der Waals surface area contributed by atoms with Crippen LogP contribution in [0.4, 0.5) is 13.9 Å². The molecule has 0 saturated heterocycles. The quantitative estimate of drug-likeness (QED) is 0.482. The molecule has 156 valence electrons. The van der Waals surface area contributed by atoms with E-state index < -0.39 is 29.6 Å². The van der Waals surface area contributed by atoms with E-state index in [2.05, 4.69) is 10.3 Å². The molecule has 5 nitrogen and oxygen atoms in total. The van der Waals surface area contributed by atoms with E-state index >= 15 is 0 Å². The minimum absolute atomic E-state index is 0.0773. The molecule has 1 N–H and O–H groups in total. The van der Waals surface area contributed by atoms with Gasteiger partial charge in [0.05, 0.1) is 22.2 Å². The van der Waals surface area contributed by atoms with Crippen molar-refractivity contribution in [3.8, 4) is 11.3 Å². The van der Waals surface area contributed by atoms with Gasteiger partial charge in [-0.3, -0.25) is 14.9 Å². The number of hydrogen-bond acceptors (Lipinski definition) is 5. The first-order valence-corrected chi connectivity index (χ1v) is 10.2. The molecule has 10 heteroatoms. The lowest BCUT2D eigenvalue weighted by Crippen LogP contribution is -2.30. The Kier molecular flexibility index (Phi) is 7.02. The number of ether oxygens (including phenoxy) is 1. The molecule has 1 unspecified atom stereocenters. The Morgan fingerprint density at radius 2 is 1.90 bits per heavy atom. The van der Waals surface area contributed by atoms with Crippen LogP contribution in [0.2, 0.25) is 10.0 Å². The van der Waals surface area contributed by atoms with Crippen LogP contribution >= 0.6 is 34.5 Å². The summed E-state index contributed by atoms with van der Waals surface area (Å²) < 4.78 is 31.6. The van der Waals surface area contributed by atoms with Crippen molar-refractivity contribution < 1.29 is 23.1 Å². The van der Waals surface area contributed by atoms with Gasteiger partial charge in [-0.05, 0) is 42.8 Å². The second-order valence-corrected chi connectivity index (χ2v) is 7.89. The molecular formula is C20H14Cl2F2N2O3S. The second-order valence-electron chi connectivity index (χ2n) is 6.21. The Morgan fingerprint density at radius 3 is 2.60 bits per heavy atom. The number of anilines is 1. The highest BCUT2D eigenvalue weighted by Crippen LogP contribution is 2.26. The third-order valence-electron chi connectivity index (χ3n) is 3.96. The van der Waals surface area contributed by atoms with Gasteiger partial charge in [0.2, 0.25) is 0 Å². The minimum Gasteiger partial charge on any atom is -0.452 e. The van der Waals surface area contributed by atoms with E-state index in [1.54, 1.807) is 23.6 Å². The van der Waals surface area contributed by atoms with Gasteiger partial charge < -0.3 is 4.74 Å². The zero-order chi connectivity index (χ0) is 21.8. The highest BCUT2D eigenvalue weighted by molar-refractivity contribution is 7.14. The number of hydrogen-bond donors (Lipinski definition) is 1. The second kappa shape index (κ2) is 9.51. The molecule has 1 atom stereocenters. The standard InChI is InChI=1S/C20H14Cl2F2N2O3S/c1-10(29-18(27)7-11-2-4-13(21)14(22)6-11)19(28)26-20-25-17(9-30-20)12-3-5-15(23)16(24)8-12/h2-6,8-10H,7H2,1H3,(H,25,26,28). The smallest absolute Gasteiger partial charge is 0.311 e. The molecule has 0 bridgehead atoms. The molecule has 3 rings (SSSR count). The summed E-state index contributed by atoms with van der Waals surface area (Å²) in [4.78, 5) is 28.5. The minimum atomic E-state index is -1.07. The number of rotatable bonds is 6. The van der Waals surface area contributed by atoms with E-state index in [9.17, 15) is 18.4 Å². The van der Waals surface area contributed by atoms with Crippen LogP contribution in [0.15, 0.2) is 41.8 Å². The fraction of sp³-hybridized carbons (Fsp3) is 0.150. The van der Waals surface area contributed by atoms with Gasteiger partial charge in [0.25, 0.3) is 5.91 Å². The number of nitrogens with zero attached hydrogens (tertiary/aromatic N) is 1. The first kappa shape index (κ1) is 22.1. The van der Waals surface area contributed by atoms with E-state index in [1.165, 1.54) is 13.0 Å². The predicted octanol–water partition coefficient (Wildman–Crippen LogP) is 5.51. The number of carbonyl (C=O) groups is 2. The monoisotopic (exact) mass is 470 g/mol. The van der Waals surface area contributed by atoms with Gasteiger partial charge in [0.1, 0.15) is 0 Å². The Morgan fingerprint density at radius 1 is 1.13 bits per heavy atom. The van der Waals surface area contributed by atoms with Gasteiger partial charge in [0.15, 0.2) is 22.9 Å². The van der Waals surface area contributed by atoms with Crippen molar-refractivity contribution in [2.45, 2.75) is 19.4 Å². The van der Waals surface area contributed by atoms with Gasteiger partial charge in [-0.2, -0.15) is 0 Å². The summed E-state index contributed by atoms with van der Waals surface area (Å²) in [5.74, 6) is -3.14. The Balaban J connectivity index is 1.57. The van der Waals surface area contributed by atoms with Crippen molar-refractivity contribution >= 4 is 51.5 Å². The maximum Gasteiger partial charge on any atom is 0.311 e. The van der Waals surface area contributed by atoms with Crippen LogP contribution in [0, 0.1) is 11.6 Å². The molecular weight excluding hydrogens is 457 g/mol. The molecule has 2 aromatic carbocycles. The third-order valence-corrected chi connectivity index (χ3v) is 5.46. The molecule has 0 aliphatic heterocycles. The number of thiazole rings is 1. The maximum atomic E-state index is 13.4. The number of carbonyl (C=O) groups excluding carboxylic acids is 2. The summed E-state index contributed by atoms with van der Waals surface area (Å²) in [5, 5.41) is 5.03. The Labute approximate surface area is 184 Å². The van der Waals surface area contributed by atoms with Gasteiger partial charge >= 0.3 is 5.97 Å². The normalized spacial score (nSPS) is 11.8. The van der Waals surface area contributed by atoms with Gasteiger partial charge in [0, 0.05) is 10.9 Å². The number of halogens is 4. The van der Waals surface area contributed by atoms with E-state index in [0.29, 0.717) is 26.9 Å². The molecule has 0 fully saturated rings. The van der Waals surface area contributed by atoms with Crippen LogP contribution in [0.3, 0.4) is 0 Å². The zero-order valence-electron chi connectivity index (χ0n) is 15.4. The lowest BCUT2D eigenvalue weighted by atomic mass is 10.1. The zero-order valence-corrected chi connectivity index (χ0v) is 17.7. The molecule has 1 heterocycles. The van der Waals surface area contributed by atoms with Crippen LogP contribution < -0.4 is 5.32 Å². The van der Waals surface area contributed by atoms with Crippen molar-refractivity contribution in [1.29, 1.82) is 0 Å². The number of nitrogens with one attached hydrogen (secondary N) is 1. The van der Waals surface area contributed by atoms with Crippen molar-refractivity contribution in [3.63, 3.8) is 0 Å². The summed E-state index contributed by atoms with van der Waals surface area (Å²) in [6.45, 7) is 1.42. The third kappa shape index (κ3) is 5.53. The molecule has 0 radical (unpaired) electrons. The van der Waals surface area contributed by atoms with Gasteiger partial charge in [-0.1, -0.05) is 29.3 Å². The first-order valence-electron chi connectivity index (χ1n) is 8.58. The van der Waals surface area contributed by atoms with Gasteiger partial charge in [-0.25, -0.2) is 13.8 Å². The van der Waals surface area contributed by atoms with Crippen LogP contribution in [-0.4, -0.2) is 23.0 Å². The summed E-state index contributed by atoms with van der Waals surface area (Å²) in [6, 6.07) is 8.14. The SMILES string of the molecule is CC(OC(=O)Cc1ccc(Cl)c(Cl)c1)C(=O)Nc1nc(-c2ccc(F)c(F)c2)cs1. The van der Waals surface area contributed by atoms with E-state index in [4.69, 9.17) is 27.9 Å². The topological polar surface area (TPSA) is 68.3 Å². The summed E-state index contributed by atoms with van der Waals surface area (Å²) in [6.07, 6.45) is -1.15. The predicted molar refractivity (Wildman–Crippen MR) is 112 cm³/mol. The number of amides is 1. The Bertz CT molecular complexity index is 1110. The van der Waals surface area contributed by atoms with Crippen LogP contribution in [0.25, 0.3) is 11.3 Å². The molecule has 0 aliphatic rings. The fourth-order valence-corrected chi connectivity index (χ4v) is 3.48. The maximum absolute atomic E-state index is 13.4. The van der Waals surface area contributed by atoms with Crippen LogP contribution in [0.5, 0.6) is 0 Å². The highest BCUT2D eigenvalue weighted by Gasteiger charge is 2.20.